The number of aromatic nitrogens is 3. The third kappa shape index (κ3) is 4.47. The van der Waals surface area contributed by atoms with Gasteiger partial charge in [0, 0.05) is 13.0 Å². The molecule has 28 heavy (non-hydrogen) atoms. The van der Waals surface area contributed by atoms with E-state index in [-0.39, 0.29) is 5.91 Å². The second kappa shape index (κ2) is 8.22. The summed E-state index contributed by atoms with van der Waals surface area (Å²) in [4.78, 5) is 14.2. The molecule has 0 radical (unpaired) electrons. The molecule has 0 bridgehead atoms. The molecule has 1 aromatic carbocycles. The zero-order valence-electron chi connectivity index (χ0n) is 16.2. The summed E-state index contributed by atoms with van der Waals surface area (Å²) in [6, 6.07) is 14.1. The van der Waals surface area contributed by atoms with E-state index >= 15 is 0 Å². The van der Waals surface area contributed by atoms with Gasteiger partial charge in [-0.3, -0.25) is 4.79 Å². The summed E-state index contributed by atoms with van der Waals surface area (Å²) in [5, 5.41) is 9.61. The van der Waals surface area contributed by atoms with Gasteiger partial charge in [0.15, 0.2) is 5.16 Å². The van der Waals surface area contributed by atoms with Crippen molar-refractivity contribution >= 4 is 17.7 Å². The van der Waals surface area contributed by atoms with Crippen LogP contribution in [0.1, 0.15) is 41.7 Å². The number of hydrogen-bond donors (Lipinski definition) is 0. The Morgan fingerprint density at radius 1 is 1.21 bits per heavy atom. The lowest BCUT2D eigenvalue weighted by Gasteiger charge is -2.15. The zero-order valence-corrected chi connectivity index (χ0v) is 17.0. The Labute approximate surface area is 168 Å². The van der Waals surface area contributed by atoms with Crippen LogP contribution in [0.2, 0.25) is 0 Å². The molecule has 0 aliphatic heterocycles. The number of carbonyl (C=O) groups is 1. The summed E-state index contributed by atoms with van der Waals surface area (Å²) in [5.74, 6) is 3.56. The third-order valence-electron chi connectivity index (χ3n) is 4.81. The second-order valence-electron chi connectivity index (χ2n) is 7.24. The van der Waals surface area contributed by atoms with Gasteiger partial charge in [-0.25, -0.2) is 0 Å². The smallest absolute Gasteiger partial charge is 0.233 e. The largest absolute Gasteiger partial charge is 0.464 e. The molecular weight excluding hydrogens is 372 g/mol. The van der Waals surface area contributed by atoms with Gasteiger partial charge in [-0.1, -0.05) is 42.1 Å². The summed E-state index contributed by atoms with van der Waals surface area (Å²) in [5.41, 5.74) is 1.21. The van der Waals surface area contributed by atoms with Crippen molar-refractivity contribution in [2.24, 2.45) is 0 Å². The monoisotopic (exact) mass is 396 g/mol. The average Bonchev–Trinajstić information content (AvgIpc) is 3.35. The first-order valence-corrected chi connectivity index (χ1v) is 10.5. The van der Waals surface area contributed by atoms with Crippen molar-refractivity contribution in [2.75, 3.05) is 12.8 Å². The normalized spacial score (nSPS) is 13.6. The molecule has 2 aromatic heterocycles. The number of rotatable bonds is 8. The van der Waals surface area contributed by atoms with Crippen LogP contribution in [-0.2, 0) is 17.9 Å². The predicted molar refractivity (Wildman–Crippen MR) is 108 cm³/mol. The highest BCUT2D eigenvalue weighted by Gasteiger charge is 2.30. The topological polar surface area (TPSA) is 64.2 Å². The van der Waals surface area contributed by atoms with E-state index in [0.717, 1.165) is 29.0 Å². The van der Waals surface area contributed by atoms with Crippen LogP contribution < -0.4 is 0 Å². The molecular formula is C21H24N4O2S. The van der Waals surface area contributed by atoms with Crippen molar-refractivity contribution in [3.8, 4) is 0 Å². The first kappa shape index (κ1) is 18.8. The molecule has 1 aliphatic rings. The number of carbonyl (C=O) groups excluding carboxylic acids is 1. The molecule has 0 atom stereocenters. The van der Waals surface area contributed by atoms with Crippen LogP contribution in [0, 0.1) is 6.92 Å². The summed E-state index contributed by atoms with van der Waals surface area (Å²) in [6.07, 6.45) is 2.34. The van der Waals surface area contributed by atoms with Gasteiger partial charge in [0.1, 0.15) is 17.3 Å². The number of hydrogen-bond acceptors (Lipinski definition) is 5. The number of nitrogens with zero attached hydrogens (tertiary/aromatic N) is 4. The molecule has 146 valence electrons. The van der Waals surface area contributed by atoms with E-state index in [9.17, 15) is 4.79 Å². The maximum absolute atomic E-state index is 12.6. The zero-order chi connectivity index (χ0) is 19.5. The van der Waals surface area contributed by atoms with E-state index in [4.69, 9.17) is 4.42 Å². The lowest BCUT2D eigenvalue weighted by atomic mass is 10.2. The Hall–Kier alpha value is -2.54. The van der Waals surface area contributed by atoms with Crippen LogP contribution in [0.25, 0.3) is 0 Å². The molecule has 0 saturated heterocycles. The van der Waals surface area contributed by atoms with Crippen LogP contribution >= 0.6 is 11.8 Å². The molecule has 1 aliphatic carbocycles. The van der Waals surface area contributed by atoms with E-state index in [1.165, 1.54) is 30.2 Å². The van der Waals surface area contributed by atoms with Crippen molar-refractivity contribution in [3.63, 3.8) is 0 Å². The Kier molecular flexibility index (Phi) is 5.52. The van der Waals surface area contributed by atoms with Crippen molar-refractivity contribution in [2.45, 2.75) is 43.9 Å². The summed E-state index contributed by atoms with van der Waals surface area (Å²) in [7, 11) is 1.80. The molecule has 6 nitrogen and oxygen atoms in total. The maximum atomic E-state index is 12.6. The van der Waals surface area contributed by atoms with Crippen LogP contribution in [-0.4, -0.2) is 38.4 Å². The fraction of sp³-hybridized carbons (Fsp3) is 0.381. The van der Waals surface area contributed by atoms with Gasteiger partial charge in [0.05, 0.1) is 18.8 Å². The highest BCUT2D eigenvalue weighted by molar-refractivity contribution is 7.99. The molecule has 3 aromatic rings. The predicted octanol–water partition coefficient (Wildman–Crippen LogP) is 3.86. The average molecular weight is 397 g/mol. The molecule has 1 fully saturated rings. The van der Waals surface area contributed by atoms with E-state index in [1.54, 1.807) is 11.9 Å². The first-order valence-electron chi connectivity index (χ1n) is 9.49. The fourth-order valence-corrected chi connectivity index (χ4v) is 3.98. The number of aryl methyl sites for hydroxylation is 1. The van der Waals surface area contributed by atoms with Crippen molar-refractivity contribution in [1.29, 1.82) is 0 Å². The number of thioether (sulfide) groups is 1. The standard InChI is InChI=1S/C21H24N4O2S/c1-15-8-11-18(27-15)13-24(2)19(26)14-28-21-23-22-20(17-9-10-17)25(21)12-16-6-4-3-5-7-16/h3-8,11,17H,9-10,12-14H2,1-2H3. The fourth-order valence-electron chi connectivity index (χ4n) is 3.09. The molecule has 0 unspecified atom stereocenters. The van der Waals surface area contributed by atoms with E-state index in [0.29, 0.717) is 18.2 Å². The highest BCUT2D eigenvalue weighted by atomic mass is 32.2. The molecule has 1 saturated carbocycles. The van der Waals surface area contributed by atoms with Crippen LogP contribution in [0.3, 0.4) is 0 Å². The molecule has 2 heterocycles. The summed E-state index contributed by atoms with van der Waals surface area (Å²) in [6.45, 7) is 3.10. The van der Waals surface area contributed by atoms with Gasteiger partial charge in [-0.15, -0.1) is 10.2 Å². The maximum Gasteiger partial charge on any atom is 0.233 e. The Morgan fingerprint density at radius 3 is 2.68 bits per heavy atom. The summed E-state index contributed by atoms with van der Waals surface area (Å²) < 4.78 is 7.73. The SMILES string of the molecule is Cc1ccc(CN(C)C(=O)CSc2nnc(C3CC3)n2Cc2ccccc2)o1. The number of furan rings is 1. The van der Waals surface area contributed by atoms with Crippen LogP contribution in [0.15, 0.2) is 52.0 Å². The van der Waals surface area contributed by atoms with Crippen LogP contribution in [0.4, 0.5) is 0 Å². The lowest BCUT2D eigenvalue weighted by Crippen LogP contribution is -2.27. The quantitative estimate of drug-likeness (QED) is 0.541. The minimum atomic E-state index is 0.0429. The molecule has 4 rings (SSSR count). The Bertz CT molecular complexity index is 946. The van der Waals surface area contributed by atoms with Gasteiger partial charge in [-0.05, 0) is 37.5 Å². The van der Waals surface area contributed by atoms with Crippen molar-refractivity contribution in [3.05, 3.63) is 65.4 Å². The van der Waals surface area contributed by atoms with E-state index in [1.807, 2.05) is 37.3 Å². The minimum Gasteiger partial charge on any atom is -0.464 e. The highest BCUT2D eigenvalue weighted by Crippen LogP contribution is 2.40. The Balaban J connectivity index is 1.42. The van der Waals surface area contributed by atoms with Crippen molar-refractivity contribution in [1.82, 2.24) is 19.7 Å². The molecule has 0 N–H and O–H groups in total. The van der Waals surface area contributed by atoms with Gasteiger partial charge in [-0.2, -0.15) is 0 Å². The molecule has 1 amide bonds. The van der Waals surface area contributed by atoms with Crippen molar-refractivity contribution < 1.29 is 9.21 Å². The van der Waals surface area contributed by atoms with Gasteiger partial charge >= 0.3 is 0 Å². The number of amides is 1. The van der Waals surface area contributed by atoms with E-state index < -0.39 is 0 Å². The van der Waals surface area contributed by atoms with Crippen LogP contribution in [0.5, 0.6) is 0 Å². The minimum absolute atomic E-state index is 0.0429. The third-order valence-corrected chi connectivity index (χ3v) is 5.76. The molecule has 0 spiro atoms. The van der Waals surface area contributed by atoms with Gasteiger partial charge < -0.3 is 13.9 Å². The van der Waals surface area contributed by atoms with Gasteiger partial charge in [0.25, 0.3) is 0 Å². The first-order chi connectivity index (χ1) is 13.6. The lowest BCUT2D eigenvalue weighted by molar-refractivity contribution is -0.127. The van der Waals surface area contributed by atoms with E-state index in [2.05, 4.69) is 26.9 Å². The van der Waals surface area contributed by atoms with Gasteiger partial charge in [0.2, 0.25) is 5.91 Å². The Morgan fingerprint density at radius 2 is 2.00 bits per heavy atom. The second-order valence-corrected chi connectivity index (χ2v) is 8.18. The summed E-state index contributed by atoms with van der Waals surface area (Å²) >= 11 is 1.45. The number of benzene rings is 1. The molecule has 7 heteroatoms.